The molecule has 1 heterocycles. The summed E-state index contributed by atoms with van der Waals surface area (Å²) in [5, 5.41) is 9.64. The SMILES string of the molecule is CC(=O)c1ccc2c(c1)oc(=O)n2C(CCc1ccc(C)cc1)C(=O)O. The van der Waals surface area contributed by atoms with Crippen LogP contribution in [0, 0.1) is 6.92 Å². The van der Waals surface area contributed by atoms with Crippen molar-refractivity contribution < 1.29 is 19.1 Å². The minimum Gasteiger partial charge on any atom is -0.480 e. The van der Waals surface area contributed by atoms with E-state index in [-0.39, 0.29) is 17.8 Å². The van der Waals surface area contributed by atoms with E-state index in [0.29, 0.717) is 17.5 Å². The van der Waals surface area contributed by atoms with Crippen molar-refractivity contribution >= 4 is 22.9 Å². The van der Waals surface area contributed by atoms with Gasteiger partial charge >= 0.3 is 11.7 Å². The fourth-order valence-corrected chi connectivity index (χ4v) is 2.97. The molecule has 1 N–H and O–H groups in total. The van der Waals surface area contributed by atoms with Crippen LogP contribution in [0.4, 0.5) is 0 Å². The number of fused-ring (bicyclic) bond motifs is 1. The zero-order valence-corrected chi connectivity index (χ0v) is 14.6. The van der Waals surface area contributed by atoms with E-state index in [0.717, 1.165) is 15.7 Å². The number of carbonyl (C=O) groups is 2. The van der Waals surface area contributed by atoms with E-state index in [1.54, 1.807) is 12.1 Å². The normalized spacial score (nSPS) is 12.2. The third-order valence-electron chi connectivity index (χ3n) is 4.44. The van der Waals surface area contributed by atoms with Crippen LogP contribution in [0.15, 0.2) is 51.7 Å². The second-order valence-corrected chi connectivity index (χ2v) is 6.35. The first-order valence-electron chi connectivity index (χ1n) is 8.31. The van der Waals surface area contributed by atoms with Gasteiger partial charge in [-0.2, -0.15) is 0 Å². The average molecular weight is 353 g/mol. The second kappa shape index (κ2) is 7.00. The largest absolute Gasteiger partial charge is 0.480 e. The second-order valence-electron chi connectivity index (χ2n) is 6.35. The molecule has 0 spiro atoms. The molecule has 0 fully saturated rings. The highest BCUT2D eigenvalue weighted by atomic mass is 16.4. The number of carboxylic acids is 1. The van der Waals surface area contributed by atoms with Gasteiger partial charge in [0, 0.05) is 5.56 Å². The Balaban J connectivity index is 1.96. The maximum absolute atomic E-state index is 12.3. The van der Waals surface area contributed by atoms with Gasteiger partial charge in [-0.1, -0.05) is 29.8 Å². The Morgan fingerprint density at radius 3 is 2.46 bits per heavy atom. The van der Waals surface area contributed by atoms with E-state index < -0.39 is 17.8 Å². The van der Waals surface area contributed by atoms with Gasteiger partial charge < -0.3 is 9.52 Å². The van der Waals surface area contributed by atoms with E-state index in [9.17, 15) is 19.5 Å². The van der Waals surface area contributed by atoms with Gasteiger partial charge in [0.25, 0.3) is 0 Å². The number of Topliss-reactive ketones (excluding diaryl/α,β-unsaturated/α-hetero) is 1. The minimum absolute atomic E-state index is 0.156. The van der Waals surface area contributed by atoms with Crippen molar-refractivity contribution in [3.63, 3.8) is 0 Å². The fourth-order valence-electron chi connectivity index (χ4n) is 2.97. The van der Waals surface area contributed by atoms with Crippen LogP contribution in [0.5, 0.6) is 0 Å². The molecule has 0 aliphatic carbocycles. The lowest BCUT2D eigenvalue weighted by atomic mass is 10.0. The van der Waals surface area contributed by atoms with Crippen molar-refractivity contribution in [2.45, 2.75) is 32.7 Å². The number of oxazole rings is 1. The predicted molar refractivity (Wildman–Crippen MR) is 96.7 cm³/mol. The Labute approximate surface area is 149 Å². The Morgan fingerprint density at radius 1 is 1.15 bits per heavy atom. The molecule has 3 aromatic rings. The van der Waals surface area contributed by atoms with Crippen LogP contribution in [-0.4, -0.2) is 21.4 Å². The van der Waals surface area contributed by atoms with E-state index in [1.165, 1.54) is 13.0 Å². The molecule has 0 aliphatic rings. The maximum atomic E-state index is 12.3. The zero-order chi connectivity index (χ0) is 18.8. The van der Waals surface area contributed by atoms with Crippen molar-refractivity contribution in [1.82, 2.24) is 4.57 Å². The number of ketones is 1. The van der Waals surface area contributed by atoms with Crippen LogP contribution in [0.3, 0.4) is 0 Å². The first kappa shape index (κ1) is 17.7. The summed E-state index contributed by atoms with van der Waals surface area (Å²) in [4.78, 5) is 35.5. The van der Waals surface area contributed by atoms with Gasteiger partial charge in [-0.15, -0.1) is 0 Å². The highest BCUT2D eigenvalue weighted by Gasteiger charge is 2.25. The Hall–Kier alpha value is -3.15. The van der Waals surface area contributed by atoms with Crippen molar-refractivity contribution in [3.8, 4) is 0 Å². The molecular weight excluding hydrogens is 334 g/mol. The van der Waals surface area contributed by atoms with Crippen LogP contribution < -0.4 is 5.76 Å². The van der Waals surface area contributed by atoms with Gasteiger partial charge in [0.15, 0.2) is 11.4 Å². The molecule has 6 nitrogen and oxygen atoms in total. The highest BCUT2D eigenvalue weighted by molar-refractivity contribution is 5.97. The van der Waals surface area contributed by atoms with Crippen LogP contribution in [0.25, 0.3) is 11.1 Å². The summed E-state index contributed by atoms with van der Waals surface area (Å²) in [5.41, 5.74) is 3.12. The van der Waals surface area contributed by atoms with Crippen molar-refractivity contribution in [3.05, 3.63) is 69.7 Å². The zero-order valence-electron chi connectivity index (χ0n) is 14.6. The number of benzene rings is 2. The molecular formula is C20H19NO5. The average Bonchev–Trinajstić information content (AvgIpc) is 2.91. The van der Waals surface area contributed by atoms with Gasteiger partial charge in [-0.25, -0.2) is 9.59 Å². The van der Waals surface area contributed by atoms with Gasteiger partial charge in [0.2, 0.25) is 0 Å². The number of aromatic nitrogens is 1. The number of carboxylic acid groups (broad SMARTS) is 1. The molecule has 3 rings (SSSR count). The highest BCUT2D eigenvalue weighted by Crippen LogP contribution is 2.22. The molecule has 0 amide bonds. The molecule has 1 atom stereocenters. The summed E-state index contributed by atoms with van der Waals surface area (Å²) in [6, 6.07) is 11.4. The van der Waals surface area contributed by atoms with Crippen LogP contribution in [0.2, 0.25) is 0 Å². The first-order chi connectivity index (χ1) is 12.4. The van der Waals surface area contributed by atoms with E-state index in [4.69, 9.17) is 4.42 Å². The lowest BCUT2D eigenvalue weighted by molar-refractivity contribution is -0.141. The Bertz CT molecular complexity index is 1030. The molecule has 0 saturated heterocycles. The van der Waals surface area contributed by atoms with E-state index in [1.807, 2.05) is 31.2 Å². The van der Waals surface area contributed by atoms with E-state index in [2.05, 4.69) is 0 Å². The molecule has 0 saturated carbocycles. The first-order valence-corrected chi connectivity index (χ1v) is 8.31. The van der Waals surface area contributed by atoms with Crippen LogP contribution in [-0.2, 0) is 11.2 Å². The number of rotatable bonds is 6. The molecule has 2 aromatic carbocycles. The van der Waals surface area contributed by atoms with E-state index >= 15 is 0 Å². The lowest BCUT2D eigenvalue weighted by Crippen LogP contribution is -2.27. The number of hydrogen-bond donors (Lipinski definition) is 1. The summed E-state index contributed by atoms with van der Waals surface area (Å²) in [6.07, 6.45) is 0.767. The minimum atomic E-state index is -1.10. The summed E-state index contributed by atoms with van der Waals surface area (Å²) in [5.74, 6) is -1.99. The van der Waals surface area contributed by atoms with Crippen molar-refractivity contribution in [2.24, 2.45) is 0 Å². The molecule has 6 heteroatoms. The van der Waals surface area contributed by atoms with Gasteiger partial charge in [-0.05, 0) is 50.5 Å². The quantitative estimate of drug-likeness (QED) is 0.686. The lowest BCUT2D eigenvalue weighted by Gasteiger charge is -2.13. The number of aliphatic carboxylic acids is 1. The number of hydrogen-bond acceptors (Lipinski definition) is 4. The Kier molecular flexibility index (Phi) is 4.75. The molecule has 1 aromatic heterocycles. The Morgan fingerprint density at radius 2 is 1.85 bits per heavy atom. The monoisotopic (exact) mass is 353 g/mol. The van der Waals surface area contributed by atoms with Gasteiger partial charge in [0.05, 0.1) is 5.52 Å². The third-order valence-corrected chi connectivity index (χ3v) is 4.44. The third kappa shape index (κ3) is 3.44. The summed E-state index contributed by atoms with van der Waals surface area (Å²) in [6.45, 7) is 3.40. The summed E-state index contributed by atoms with van der Waals surface area (Å²) >= 11 is 0. The molecule has 0 radical (unpaired) electrons. The van der Waals surface area contributed by atoms with Crippen molar-refractivity contribution in [1.29, 1.82) is 0 Å². The van der Waals surface area contributed by atoms with Crippen LogP contribution in [0.1, 0.15) is 40.9 Å². The number of aryl methyl sites for hydroxylation is 2. The predicted octanol–water partition coefficient (Wildman–Crippen LogP) is 3.36. The number of nitrogens with zero attached hydrogens (tertiary/aromatic N) is 1. The summed E-state index contributed by atoms with van der Waals surface area (Å²) < 4.78 is 6.33. The molecule has 0 bridgehead atoms. The van der Waals surface area contributed by atoms with Crippen molar-refractivity contribution in [2.75, 3.05) is 0 Å². The van der Waals surface area contributed by atoms with Crippen LogP contribution >= 0.6 is 0 Å². The molecule has 134 valence electrons. The molecule has 0 aliphatic heterocycles. The smallest absolute Gasteiger partial charge is 0.420 e. The fraction of sp³-hybridized carbons (Fsp3) is 0.250. The summed E-state index contributed by atoms with van der Waals surface area (Å²) in [7, 11) is 0. The maximum Gasteiger partial charge on any atom is 0.420 e. The van der Waals surface area contributed by atoms with Gasteiger partial charge in [0.1, 0.15) is 6.04 Å². The van der Waals surface area contributed by atoms with Gasteiger partial charge in [-0.3, -0.25) is 9.36 Å². The topological polar surface area (TPSA) is 89.5 Å². The molecule has 1 unspecified atom stereocenters. The standard InChI is InChI=1S/C20H19NO5/c1-12-3-5-14(6-4-12)7-9-17(19(23)24)21-16-10-8-15(13(2)22)11-18(16)26-20(21)25/h3-6,8,10-11,17H,7,9H2,1-2H3,(H,23,24). The number of carbonyl (C=O) groups excluding carboxylic acids is 1. The molecule has 26 heavy (non-hydrogen) atoms.